The number of rotatable bonds is 4. The van der Waals surface area contributed by atoms with Gasteiger partial charge in [-0.05, 0) is 22.0 Å². The number of anilines is 1. The number of carboxylic acid groups (broad SMARTS) is 1. The fourth-order valence-corrected chi connectivity index (χ4v) is 1.55. The van der Waals surface area contributed by atoms with Gasteiger partial charge in [-0.3, -0.25) is 0 Å². The molecule has 0 radical (unpaired) electrons. The molecule has 17 heavy (non-hydrogen) atoms. The Hall–Kier alpha value is -2.12. The van der Waals surface area contributed by atoms with E-state index in [4.69, 9.17) is 15.6 Å². The Morgan fingerprint density at radius 3 is 2.53 bits per heavy atom. The minimum atomic E-state index is -1.16. The van der Waals surface area contributed by atoms with Gasteiger partial charge in [0.05, 0.1) is 12.1 Å². The maximum atomic E-state index is 11.0. The summed E-state index contributed by atoms with van der Waals surface area (Å²) in [6.45, 7) is -0.190. The summed E-state index contributed by atoms with van der Waals surface area (Å²) in [6, 6.07) is 5.11. The normalized spacial score (nSPS) is 9.12. The molecule has 0 unspecified atom stereocenters. The van der Waals surface area contributed by atoms with Crippen LogP contribution in [-0.4, -0.2) is 29.1 Å². The Bertz CT molecular complexity index is 502. The molecule has 6 nitrogen and oxygen atoms in total. The molecule has 0 aliphatic rings. The lowest BCUT2D eigenvalue weighted by Crippen LogP contribution is -2.27. The Morgan fingerprint density at radius 1 is 1.47 bits per heavy atom. The van der Waals surface area contributed by atoms with Crippen LogP contribution < -0.4 is 4.90 Å². The van der Waals surface area contributed by atoms with Crippen molar-refractivity contribution in [2.45, 2.75) is 0 Å². The number of nitrogens with zero attached hydrogens (tertiary/aromatic N) is 4. The fourth-order valence-electron chi connectivity index (χ4n) is 1.22. The molecule has 1 rings (SSSR count). The lowest BCUT2D eigenvalue weighted by atomic mass is 10.2. The Labute approximate surface area is 106 Å². The van der Waals surface area contributed by atoms with E-state index < -0.39 is 5.97 Å². The highest BCUT2D eigenvalue weighted by Gasteiger charge is 2.17. The van der Waals surface area contributed by atoms with Gasteiger partial charge < -0.3 is 10.0 Å². The van der Waals surface area contributed by atoms with Gasteiger partial charge in [-0.2, -0.15) is 10.5 Å². The molecule has 0 aliphatic heterocycles. The largest absolute Gasteiger partial charge is 0.478 e. The molecule has 86 valence electrons. The second kappa shape index (κ2) is 5.83. The quantitative estimate of drug-likeness (QED) is 0.842. The maximum absolute atomic E-state index is 11.0. The summed E-state index contributed by atoms with van der Waals surface area (Å²) in [4.78, 5) is 16.3. The van der Waals surface area contributed by atoms with E-state index in [1.54, 1.807) is 0 Å². The van der Waals surface area contributed by atoms with E-state index >= 15 is 0 Å². The van der Waals surface area contributed by atoms with Crippen molar-refractivity contribution in [2.75, 3.05) is 18.0 Å². The van der Waals surface area contributed by atoms with Crippen molar-refractivity contribution in [3.8, 4) is 12.1 Å². The lowest BCUT2D eigenvalue weighted by Gasteiger charge is -2.18. The first kappa shape index (κ1) is 12.9. The van der Waals surface area contributed by atoms with E-state index in [-0.39, 0.29) is 24.5 Å². The van der Waals surface area contributed by atoms with Crippen LogP contribution in [0.25, 0.3) is 0 Å². The molecule has 1 aromatic heterocycles. The number of aromatic carboxylic acids is 1. The third kappa shape index (κ3) is 3.16. The number of halogens is 1. The molecule has 1 N–H and O–H groups in total. The van der Waals surface area contributed by atoms with Gasteiger partial charge in [0.25, 0.3) is 0 Å². The molecule has 0 saturated carbocycles. The van der Waals surface area contributed by atoms with Crippen molar-refractivity contribution < 1.29 is 9.90 Å². The van der Waals surface area contributed by atoms with E-state index in [1.165, 1.54) is 17.2 Å². The minimum Gasteiger partial charge on any atom is -0.478 e. The summed E-state index contributed by atoms with van der Waals surface area (Å²) in [7, 11) is 0. The highest BCUT2D eigenvalue weighted by molar-refractivity contribution is 9.10. The highest BCUT2D eigenvalue weighted by atomic mass is 79.9. The van der Waals surface area contributed by atoms with Crippen molar-refractivity contribution >= 4 is 27.7 Å². The molecule has 7 heteroatoms. The zero-order valence-electron chi connectivity index (χ0n) is 8.59. The van der Waals surface area contributed by atoms with Crippen LogP contribution in [0.5, 0.6) is 0 Å². The van der Waals surface area contributed by atoms with Crippen molar-refractivity contribution in [3.63, 3.8) is 0 Å². The summed E-state index contributed by atoms with van der Waals surface area (Å²) in [5.74, 6) is -1.04. The van der Waals surface area contributed by atoms with E-state index in [0.717, 1.165) is 0 Å². The van der Waals surface area contributed by atoms with Gasteiger partial charge in [0, 0.05) is 10.7 Å². The predicted molar refractivity (Wildman–Crippen MR) is 62.3 cm³/mol. The molecule has 0 spiro atoms. The Kier molecular flexibility index (Phi) is 4.44. The molecule has 0 aliphatic carbocycles. The van der Waals surface area contributed by atoms with Crippen LogP contribution in [0, 0.1) is 22.7 Å². The molecule has 0 bridgehead atoms. The van der Waals surface area contributed by atoms with E-state index in [9.17, 15) is 4.79 Å². The summed E-state index contributed by atoms with van der Waals surface area (Å²) < 4.78 is 0.521. The van der Waals surface area contributed by atoms with Crippen LogP contribution in [0.3, 0.4) is 0 Å². The minimum absolute atomic E-state index is 0.0510. The zero-order chi connectivity index (χ0) is 12.8. The Morgan fingerprint density at radius 2 is 2.06 bits per heavy atom. The lowest BCUT2D eigenvalue weighted by molar-refractivity contribution is 0.0697. The molecular formula is C10H7BrN4O2. The summed E-state index contributed by atoms with van der Waals surface area (Å²) in [5, 5.41) is 26.3. The van der Waals surface area contributed by atoms with Gasteiger partial charge in [-0.15, -0.1) is 0 Å². The maximum Gasteiger partial charge on any atom is 0.339 e. The van der Waals surface area contributed by atoms with E-state index in [2.05, 4.69) is 20.9 Å². The average molecular weight is 295 g/mol. The molecule has 0 aromatic carbocycles. The van der Waals surface area contributed by atoms with Crippen LogP contribution in [-0.2, 0) is 0 Å². The first-order valence-corrected chi connectivity index (χ1v) is 5.27. The summed E-state index contributed by atoms with van der Waals surface area (Å²) >= 11 is 3.12. The molecule has 0 amide bonds. The monoisotopic (exact) mass is 294 g/mol. The number of hydrogen-bond donors (Lipinski definition) is 1. The van der Waals surface area contributed by atoms with Crippen molar-refractivity contribution in [2.24, 2.45) is 0 Å². The van der Waals surface area contributed by atoms with Crippen LogP contribution in [0.4, 0.5) is 5.82 Å². The number of hydrogen-bond acceptors (Lipinski definition) is 5. The highest BCUT2D eigenvalue weighted by Crippen LogP contribution is 2.21. The van der Waals surface area contributed by atoms with Crippen LogP contribution in [0.2, 0.25) is 0 Å². The summed E-state index contributed by atoms with van der Waals surface area (Å²) in [5.41, 5.74) is -0.0510. The zero-order valence-corrected chi connectivity index (χ0v) is 10.2. The number of carbonyl (C=O) groups is 1. The number of pyridine rings is 1. The average Bonchev–Trinajstić information content (AvgIpc) is 2.28. The van der Waals surface area contributed by atoms with Crippen LogP contribution >= 0.6 is 15.9 Å². The predicted octanol–water partition coefficient (Wildman–Crippen LogP) is 1.40. The van der Waals surface area contributed by atoms with Gasteiger partial charge in [0.1, 0.15) is 24.5 Å². The second-order valence-electron chi connectivity index (χ2n) is 3.00. The van der Waals surface area contributed by atoms with Crippen LogP contribution in [0.15, 0.2) is 16.7 Å². The van der Waals surface area contributed by atoms with Crippen molar-refractivity contribution in [1.82, 2.24) is 4.98 Å². The number of nitriles is 2. The smallest absolute Gasteiger partial charge is 0.339 e. The van der Waals surface area contributed by atoms with E-state index in [0.29, 0.717) is 4.47 Å². The first-order valence-electron chi connectivity index (χ1n) is 4.47. The molecule has 0 atom stereocenters. The topological polar surface area (TPSA) is 101 Å². The van der Waals surface area contributed by atoms with Gasteiger partial charge in [0.15, 0.2) is 0 Å². The van der Waals surface area contributed by atoms with E-state index in [1.807, 2.05) is 12.1 Å². The third-order valence-electron chi connectivity index (χ3n) is 1.89. The SMILES string of the molecule is N#CCN(CC#N)c1ncc(Br)cc1C(=O)O. The molecule has 1 aromatic rings. The van der Waals surface area contributed by atoms with Gasteiger partial charge in [-0.25, -0.2) is 9.78 Å². The number of carboxylic acids is 1. The van der Waals surface area contributed by atoms with Crippen molar-refractivity contribution in [1.29, 1.82) is 10.5 Å². The second-order valence-corrected chi connectivity index (χ2v) is 3.92. The first-order chi connectivity index (χ1) is 8.10. The molecule has 0 saturated heterocycles. The summed E-state index contributed by atoms with van der Waals surface area (Å²) in [6.07, 6.45) is 1.42. The molecule has 1 heterocycles. The van der Waals surface area contributed by atoms with Crippen molar-refractivity contribution in [3.05, 3.63) is 22.3 Å². The Balaban J connectivity index is 3.23. The third-order valence-corrected chi connectivity index (χ3v) is 2.32. The molecule has 0 fully saturated rings. The van der Waals surface area contributed by atoms with Gasteiger partial charge in [0.2, 0.25) is 0 Å². The fraction of sp³-hybridized carbons (Fsp3) is 0.200. The van der Waals surface area contributed by atoms with Gasteiger partial charge in [-0.1, -0.05) is 0 Å². The molecular weight excluding hydrogens is 288 g/mol. The van der Waals surface area contributed by atoms with Crippen LogP contribution in [0.1, 0.15) is 10.4 Å². The van der Waals surface area contributed by atoms with Gasteiger partial charge >= 0.3 is 5.97 Å². The standard InChI is InChI=1S/C10H7BrN4O2/c11-7-5-8(10(16)17)9(14-6-7)15(3-1-12)4-2-13/h5-6H,3-4H2,(H,16,17). The number of aromatic nitrogens is 1.